The summed E-state index contributed by atoms with van der Waals surface area (Å²) in [5.74, 6) is 0.886. The van der Waals surface area contributed by atoms with E-state index < -0.39 is 10.0 Å². The van der Waals surface area contributed by atoms with Gasteiger partial charge >= 0.3 is 0 Å². The molecule has 2 aromatic heterocycles. The van der Waals surface area contributed by atoms with Crippen LogP contribution in [-0.2, 0) is 23.6 Å². The van der Waals surface area contributed by atoms with Crippen LogP contribution in [0.25, 0.3) is 0 Å². The van der Waals surface area contributed by atoms with E-state index in [0.29, 0.717) is 0 Å². The molecule has 0 atom stereocenters. The van der Waals surface area contributed by atoms with E-state index in [2.05, 4.69) is 19.7 Å². The monoisotopic (exact) mass is 335 g/mol. The van der Waals surface area contributed by atoms with Gasteiger partial charge in [0.2, 0.25) is 10.0 Å². The highest BCUT2D eigenvalue weighted by Crippen LogP contribution is 2.23. The molecular formula is C15H21N5O2S. The number of rotatable bonds is 5. The van der Waals surface area contributed by atoms with Gasteiger partial charge in [0.15, 0.2) is 0 Å². The summed E-state index contributed by atoms with van der Waals surface area (Å²) in [6.45, 7) is 4.11. The van der Waals surface area contributed by atoms with Gasteiger partial charge in [-0.3, -0.25) is 4.68 Å². The van der Waals surface area contributed by atoms with Crippen molar-refractivity contribution >= 4 is 15.8 Å². The van der Waals surface area contributed by atoms with Crippen LogP contribution in [0.1, 0.15) is 24.1 Å². The predicted molar refractivity (Wildman–Crippen MR) is 87.7 cm³/mol. The first-order valence-corrected chi connectivity index (χ1v) is 9.14. The van der Waals surface area contributed by atoms with Gasteiger partial charge in [0, 0.05) is 44.1 Å². The first-order valence-electron chi connectivity index (χ1n) is 7.65. The number of nitrogens with zero attached hydrogens (tertiary/aromatic N) is 4. The molecule has 3 heterocycles. The van der Waals surface area contributed by atoms with Crippen molar-refractivity contribution < 1.29 is 8.42 Å². The number of hydrogen-bond acceptors (Lipinski definition) is 5. The van der Waals surface area contributed by atoms with Crippen LogP contribution in [0.4, 0.5) is 5.82 Å². The summed E-state index contributed by atoms with van der Waals surface area (Å²) in [7, 11) is -1.88. The first kappa shape index (κ1) is 15.9. The van der Waals surface area contributed by atoms with Crippen LogP contribution >= 0.6 is 0 Å². The van der Waals surface area contributed by atoms with Crippen molar-refractivity contribution in [3.8, 4) is 0 Å². The molecule has 1 aliphatic heterocycles. The van der Waals surface area contributed by atoms with Gasteiger partial charge in [-0.1, -0.05) is 6.07 Å². The maximum Gasteiger partial charge on any atom is 0.243 e. The summed E-state index contributed by atoms with van der Waals surface area (Å²) >= 11 is 0. The molecule has 0 aliphatic carbocycles. The lowest BCUT2D eigenvalue weighted by Crippen LogP contribution is -2.26. The predicted octanol–water partition coefficient (Wildman–Crippen LogP) is 1.20. The van der Waals surface area contributed by atoms with Crippen molar-refractivity contribution in [2.75, 3.05) is 18.0 Å². The van der Waals surface area contributed by atoms with Crippen LogP contribution in [0, 0.1) is 6.92 Å². The SMILES string of the molecule is Cc1ccc(CNS(=O)(=O)c2cnn(C)c2)c(N2CCCC2)n1. The van der Waals surface area contributed by atoms with Crippen molar-refractivity contribution in [2.45, 2.75) is 31.2 Å². The topological polar surface area (TPSA) is 80.1 Å². The Morgan fingerprint density at radius 3 is 2.65 bits per heavy atom. The smallest absolute Gasteiger partial charge is 0.243 e. The number of hydrogen-bond donors (Lipinski definition) is 1. The normalized spacial score (nSPS) is 15.3. The average molecular weight is 335 g/mol. The minimum absolute atomic E-state index is 0.169. The first-order chi connectivity index (χ1) is 11.0. The van der Waals surface area contributed by atoms with E-state index in [-0.39, 0.29) is 11.4 Å². The molecule has 1 fully saturated rings. The minimum Gasteiger partial charge on any atom is -0.356 e. The molecule has 124 valence electrons. The fourth-order valence-electron chi connectivity index (χ4n) is 2.71. The molecule has 0 bridgehead atoms. The Balaban J connectivity index is 1.80. The zero-order valence-corrected chi connectivity index (χ0v) is 14.2. The lowest BCUT2D eigenvalue weighted by atomic mass is 10.2. The van der Waals surface area contributed by atoms with Gasteiger partial charge in [-0.05, 0) is 25.8 Å². The molecule has 0 saturated carbocycles. The second kappa shape index (κ2) is 6.29. The molecule has 0 amide bonds. The Kier molecular flexibility index (Phi) is 4.36. The molecule has 7 nitrogen and oxygen atoms in total. The van der Waals surface area contributed by atoms with Crippen LogP contribution in [0.15, 0.2) is 29.4 Å². The second-order valence-electron chi connectivity index (χ2n) is 5.80. The van der Waals surface area contributed by atoms with E-state index >= 15 is 0 Å². The maximum atomic E-state index is 12.3. The Bertz CT molecular complexity index is 794. The van der Waals surface area contributed by atoms with Crippen LogP contribution in [0.3, 0.4) is 0 Å². The van der Waals surface area contributed by atoms with E-state index in [1.165, 1.54) is 17.1 Å². The fourth-order valence-corrected chi connectivity index (χ4v) is 3.70. The standard InChI is InChI=1S/C15H21N5O2S/c1-12-5-6-13(15(18-12)20-7-3-4-8-20)9-17-23(21,22)14-10-16-19(2)11-14/h5-6,10-11,17H,3-4,7-9H2,1-2H3. The summed E-state index contributed by atoms with van der Waals surface area (Å²) in [5.41, 5.74) is 1.83. The van der Waals surface area contributed by atoms with Gasteiger partial charge in [-0.25, -0.2) is 18.1 Å². The maximum absolute atomic E-state index is 12.3. The molecule has 3 rings (SSSR count). The van der Waals surface area contributed by atoms with Crippen molar-refractivity contribution in [3.05, 3.63) is 35.8 Å². The summed E-state index contributed by atoms with van der Waals surface area (Å²) in [6.07, 6.45) is 5.13. The van der Waals surface area contributed by atoms with Crippen molar-refractivity contribution in [1.82, 2.24) is 19.5 Å². The number of nitrogens with one attached hydrogen (secondary N) is 1. The van der Waals surface area contributed by atoms with E-state index in [1.54, 1.807) is 7.05 Å². The van der Waals surface area contributed by atoms with Crippen molar-refractivity contribution in [1.29, 1.82) is 0 Å². The van der Waals surface area contributed by atoms with Gasteiger partial charge in [0.05, 0.1) is 6.20 Å². The summed E-state index contributed by atoms with van der Waals surface area (Å²) in [4.78, 5) is 7.00. The lowest BCUT2D eigenvalue weighted by molar-refractivity contribution is 0.581. The third-order valence-electron chi connectivity index (χ3n) is 3.94. The molecule has 0 unspecified atom stereocenters. The average Bonchev–Trinajstić information content (AvgIpc) is 3.17. The molecule has 8 heteroatoms. The zero-order chi connectivity index (χ0) is 16.4. The highest BCUT2D eigenvalue weighted by Gasteiger charge is 2.20. The molecule has 1 saturated heterocycles. The third kappa shape index (κ3) is 3.53. The van der Waals surface area contributed by atoms with Gasteiger partial charge in [0.1, 0.15) is 10.7 Å². The number of sulfonamides is 1. The number of anilines is 1. The number of aryl methyl sites for hydroxylation is 2. The molecule has 23 heavy (non-hydrogen) atoms. The third-order valence-corrected chi connectivity index (χ3v) is 5.30. The van der Waals surface area contributed by atoms with E-state index in [9.17, 15) is 8.42 Å². The summed E-state index contributed by atoms with van der Waals surface area (Å²) in [6, 6.07) is 3.86. The van der Waals surface area contributed by atoms with Crippen molar-refractivity contribution in [2.24, 2.45) is 7.05 Å². The van der Waals surface area contributed by atoms with Crippen molar-refractivity contribution in [3.63, 3.8) is 0 Å². The van der Waals surface area contributed by atoms with Crippen LogP contribution < -0.4 is 9.62 Å². The lowest BCUT2D eigenvalue weighted by Gasteiger charge is -2.20. The highest BCUT2D eigenvalue weighted by molar-refractivity contribution is 7.89. The number of aromatic nitrogens is 3. The molecule has 0 radical (unpaired) electrons. The minimum atomic E-state index is -3.57. The van der Waals surface area contributed by atoms with Crippen LogP contribution in [0.2, 0.25) is 0 Å². The Labute approximate surface area is 136 Å². The fraction of sp³-hybridized carbons (Fsp3) is 0.467. The molecule has 1 N–H and O–H groups in total. The Morgan fingerprint density at radius 1 is 1.26 bits per heavy atom. The second-order valence-corrected chi connectivity index (χ2v) is 7.57. The largest absolute Gasteiger partial charge is 0.356 e. The molecule has 0 spiro atoms. The van der Waals surface area contributed by atoms with E-state index in [1.807, 2.05) is 19.1 Å². The molecule has 2 aromatic rings. The molecule has 1 aliphatic rings. The Hall–Kier alpha value is -1.93. The quantitative estimate of drug-likeness (QED) is 0.888. The summed E-state index contributed by atoms with van der Waals surface area (Å²) in [5, 5.41) is 3.91. The van der Waals surface area contributed by atoms with Gasteiger partial charge in [-0.2, -0.15) is 5.10 Å². The van der Waals surface area contributed by atoms with Gasteiger partial charge in [0.25, 0.3) is 0 Å². The van der Waals surface area contributed by atoms with E-state index in [0.717, 1.165) is 43.0 Å². The van der Waals surface area contributed by atoms with E-state index in [4.69, 9.17) is 0 Å². The molecular weight excluding hydrogens is 314 g/mol. The van der Waals surface area contributed by atoms with Gasteiger partial charge in [-0.15, -0.1) is 0 Å². The van der Waals surface area contributed by atoms with Gasteiger partial charge < -0.3 is 4.90 Å². The molecule has 0 aromatic carbocycles. The highest BCUT2D eigenvalue weighted by atomic mass is 32.2. The van der Waals surface area contributed by atoms with Crippen LogP contribution in [0.5, 0.6) is 0 Å². The Morgan fingerprint density at radius 2 is 2.00 bits per heavy atom. The van der Waals surface area contributed by atoms with Crippen LogP contribution in [-0.4, -0.2) is 36.3 Å². The summed E-state index contributed by atoms with van der Waals surface area (Å²) < 4.78 is 28.8. The number of pyridine rings is 1. The zero-order valence-electron chi connectivity index (χ0n) is 13.4.